The zero-order valence-corrected chi connectivity index (χ0v) is 12.0. The summed E-state index contributed by atoms with van der Waals surface area (Å²) in [5.41, 5.74) is 6.03. The van der Waals surface area contributed by atoms with E-state index in [9.17, 15) is 13.2 Å². The van der Waals surface area contributed by atoms with Crippen LogP contribution in [0.5, 0.6) is 11.5 Å². The Morgan fingerprint density at radius 3 is 2.45 bits per heavy atom. The van der Waals surface area contributed by atoms with E-state index in [-0.39, 0.29) is 11.5 Å². The third-order valence-corrected chi connectivity index (χ3v) is 3.25. The summed E-state index contributed by atoms with van der Waals surface area (Å²) in [6.07, 6.45) is -4.49. The molecule has 6 heteroatoms. The van der Waals surface area contributed by atoms with Gasteiger partial charge in [-0.1, -0.05) is 28.1 Å². The zero-order chi connectivity index (χ0) is 14.9. The van der Waals surface area contributed by atoms with Crippen LogP contribution >= 0.6 is 15.9 Å². The smallest absolute Gasteiger partial charge is 0.419 e. The summed E-state index contributed by atoms with van der Waals surface area (Å²) >= 11 is 3.13. The van der Waals surface area contributed by atoms with Crippen molar-refractivity contribution in [1.29, 1.82) is 0 Å². The summed E-state index contributed by atoms with van der Waals surface area (Å²) in [6.45, 7) is 1.76. The molecule has 0 fully saturated rings. The summed E-state index contributed by atoms with van der Waals surface area (Å²) < 4.78 is 44.7. The molecule has 0 saturated carbocycles. The quantitative estimate of drug-likeness (QED) is 0.763. The molecule has 0 unspecified atom stereocenters. The number of anilines is 1. The van der Waals surface area contributed by atoms with E-state index in [4.69, 9.17) is 10.5 Å². The largest absolute Gasteiger partial charge is 0.455 e. The van der Waals surface area contributed by atoms with Crippen LogP contribution in [-0.2, 0) is 6.18 Å². The molecule has 2 N–H and O–H groups in total. The van der Waals surface area contributed by atoms with Crippen LogP contribution in [0.2, 0.25) is 0 Å². The molecule has 106 valence electrons. The highest BCUT2D eigenvalue weighted by Gasteiger charge is 2.34. The van der Waals surface area contributed by atoms with Gasteiger partial charge in [0.2, 0.25) is 0 Å². The molecule has 0 amide bonds. The Bertz CT molecular complexity index is 641. The van der Waals surface area contributed by atoms with Crippen LogP contribution in [0.15, 0.2) is 40.9 Å². The summed E-state index contributed by atoms with van der Waals surface area (Å²) in [5, 5.41) is 0. The summed E-state index contributed by atoms with van der Waals surface area (Å²) in [4.78, 5) is 0. The van der Waals surface area contributed by atoms with Gasteiger partial charge in [-0.3, -0.25) is 0 Å². The Hall–Kier alpha value is -1.69. The van der Waals surface area contributed by atoms with Crippen molar-refractivity contribution < 1.29 is 17.9 Å². The molecule has 2 nitrogen and oxygen atoms in total. The van der Waals surface area contributed by atoms with E-state index in [1.807, 2.05) is 0 Å². The van der Waals surface area contributed by atoms with Crippen LogP contribution in [-0.4, -0.2) is 0 Å². The lowest BCUT2D eigenvalue weighted by Gasteiger charge is -2.15. The van der Waals surface area contributed by atoms with E-state index in [0.717, 1.165) is 11.6 Å². The lowest BCUT2D eigenvalue weighted by Crippen LogP contribution is -2.07. The van der Waals surface area contributed by atoms with Crippen molar-refractivity contribution in [2.45, 2.75) is 13.1 Å². The molecule has 0 saturated heterocycles. The Kier molecular flexibility index (Phi) is 3.94. The molecule has 0 aliphatic heterocycles. The lowest BCUT2D eigenvalue weighted by molar-refractivity contribution is -0.138. The van der Waals surface area contributed by atoms with Gasteiger partial charge < -0.3 is 10.5 Å². The van der Waals surface area contributed by atoms with E-state index in [1.54, 1.807) is 19.1 Å². The molecule has 20 heavy (non-hydrogen) atoms. The highest BCUT2D eigenvalue weighted by atomic mass is 79.9. The fourth-order valence-electron chi connectivity index (χ4n) is 1.68. The minimum Gasteiger partial charge on any atom is -0.455 e. The zero-order valence-electron chi connectivity index (χ0n) is 10.5. The first-order valence-electron chi connectivity index (χ1n) is 5.68. The van der Waals surface area contributed by atoms with Crippen LogP contribution in [0.3, 0.4) is 0 Å². The van der Waals surface area contributed by atoms with Crippen molar-refractivity contribution in [3.8, 4) is 11.5 Å². The van der Waals surface area contributed by atoms with E-state index in [2.05, 4.69) is 15.9 Å². The number of aryl methyl sites for hydroxylation is 1. The van der Waals surface area contributed by atoms with E-state index in [1.165, 1.54) is 18.2 Å². The molecule has 2 aromatic carbocycles. The van der Waals surface area contributed by atoms with Crippen LogP contribution < -0.4 is 10.5 Å². The molecule has 2 rings (SSSR count). The first kappa shape index (κ1) is 14.7. The molecule has 0 aliphatic rings. The van der Waals surface area contributed by atoms with Crippen LogP contribution in [0, 0.1) is 6.92 Å². The van der Waals surface area contributed by atoms with Crippen molar-refractivity contribution in [2.24, 2.45) is 0 Å². The Balaban J connectivity index is 2.48. The van der Waals surface area contributed by atoms with Gasteiger partial charge in [-0.2, -0.15) is 13.2 Å². The second kappa shape index (κ2) is 5.36. The van der Waals surface area contributed by atoms with Crippen molar-refractivity contribution in [3.05, 3.63) is 52.0 Å². The lowest BCUT2D eigenvalue weighted by atomic mass is 10.1. The first-order valence-corrected chi connectivity index (χ1v) is 6.48. The Labute approximate surface area is 122 Å². The monoisotopic (exact) mass is 345 g/mol. The van der Waals surface area contributed by atoms with Crippen LogP contribution in [0.25, 0.3) is 0 Å². The van der Waals surface area contributed by atoms with Crippen molar-refractivity contribution in [2.75, 3.05) is 5.73 Å². The van der Waals surface area contributed by atoms with Gasteiger partial charge in [-0.15, -0.1) is 0 Å². The molecule has 0 radical (unpaired) electrons. The van der Waals surface area contributed by atoms with Gasteiger partial charge in [0.25, 0.3) is 0 Å². The van der Waals surface area contributed by atoms with Gasteiger partial charge in [-0.25, -0.2) is 0 Å². The maximum absolute atomic E-state index is 12.9. The number of ether oxygens (including phenoxy) is 1. The number of rotatable bonds is 2. The highest BCUT2D eigenvalue weighted by Crippen LogP contribution is 2.40. The fraction of sp³-hybridized carbons (Fsp3) is 0.143. The standard InChI is InChI=1S/C14H11BrF3NO/c1-8-3-2-4-11(13(8)19)20-12-7-9(15)5-6-10(12)14(16,17)18/h2-7H,19H2,1H3. The van der Waals surface area contributed by atoms with E-state index in [0.29, 0.717) is 10.2 Å². The number of halogens is 4. The van der Waals surface area contributed by atoms with Crippen LogP contribution in [0.4, 0.5) is 18.9 Å². The number of para-hydroxylation sites is 1. The maximum Gasteiger partial charge on any atom is 0.419 e. The minimum atomic E-state index is -4.49. The maximum atomic E-state index is 12.9. The van der Waals surface area contributed by atoms with Crippen molar-refractivity contribution >= 4 is 21.6 Å². The Morgan fingerprint density at radius 2 is 1.80 bits per heavy atom. The van der Waals surface area contributed by atoms with Crippen molar-refractivity contribution in [3.63, 3.8) is 0 Å². The number of nitrogens with two attached hydrogens (primary N) is 1. The second-order valence-corrected chi connectivity index (χ2v) is 5.14. The highest BCUT2D eigenvalue weighted by molar-refractivity contribution is 9.10. The number of nitrogen functional groups attached to an aromatic ring is 1. The number of benzene rings is 2. The minimum absolute atomic E-state index is 0.202. The van der Waals surface area contributed by atoms with E-state index >= 15 is 0 Å². The number of hydrogen-bond donors (Lipinski definition) is 1. The second-order valence-electron chi connectivity index (χ2n) is 4.23. The number of hydrogen-bond acceptors (Lipinski definition) is 2. The van der Waals surface area contributed by atoms with Gasteiger partial charge in [0.1, 0.15) is 5.75 Å². The molecule has 2 aromatic rings. The molecule has 0 bridgehead atoms. The topological polar surface area (TPSA) is 35.2 Å². The Morgan fingerprint density at radius 1 is 1.10 bits per heavy atom. The molecule has 0 aromatic heterocycles. The summed E-state index contributed by atoms with van der Waals surface area (Å²) in [5.74, 6) is -0.0854. The van der Waals surface area contributed by atoms with Gasteiger partial charge in [0.05, 0.1) is 11.3 Å². The SMILES string of the molecule is Cc1cccc(Oc2cc(Br)ccc2C(F)(F)F)c1N. The van der Waals surface area contributed by atoms with Crippen LogP contribution in [0.1, 0.15) is 11.1 Å². The molecule has 0 heterocycles. The van der Waals surface area contributed by atoms with Gasteiger partial charge in [-0.05, 0) is 36.8 Å². The van der Waals surface area contributed by atoms with Gasteiger partial charge >= 0.3 is 6.18 Å². The van der Waals surface area contributed by atoms with Gasteiger partial charge in [0.15, 0.2) is 5.75 Å². The molecule has 0 aliphatic carbocycles. The van der Waals surface area contributed by atoms with Gasteiger partial charge in [0, 0.05) is 4.47 Å². The molecule has 0 atom stereocenters. The third-order valence-electron chi connectivity index (χ3n) is 2.75. The fourth-order valence-corrected chi connectivity index (χ4v) is 2.02. The predicted octanol–water partition coefficient (Wildman–Crippen LogP) is 5.15. The summed E-state index contributed by atoms with van der Waals surface area (Å²) in [6, 6.07) is 8.51. The first-order chi connectivity index (χ1) is 9.29. The van der Waals surface area contributed by atoms with E-state index < -0.39 is 11.7 Å². The van der Waals surface area contributed by atoms with Crippen molar-refractivity contribution in [1.82, 2.24) is 0 Å². The normalized spacial score (nSPS) is 11.4. The average Bonchev–Trinajstić information content (AvgIpc) is 2.33. The molecule has 0 spiro atoms. The predicted molar refractivity (Wildman–Crippen MR) is 74.8 cm³/mol. The third kappa shape index (κ3) is 3.07. The average molecular weight is 346 g/mol. The summed E-state index contributed by atoms with van der Waals surface area (Å²) in [7, 11) is 0. The molecular weight excluding hydrogens is 335 g/mol. The molecular formula is C14H11BrF3NO. The number of alkyl halides is 3.